The molecule has 0 saturated carbocycles. The van der Waals surface area contributed by atoms with Gasteiger partial charge in [0.25, 0.3) is 0 Å². The number of anilines is 1. The first kappa shape index (κ1) is 14.1. The fourth-order valence-corrected chi connectivity index (χ4v) is 1.63. The molecule has 1 heterocycles. The van der Waals surface area contributed by atoms with Crippen molar-refractivity contribution in [3.63, 3.8) is 0 Å². The number of hydrogen-bond donors (Lipinski definition) is 1. The van der Waals surface area contributed by atoms with Crippen molar-refractivity contribution in [3.05, 3.63) is 59.8 Å². The number of amides is 1. The van der Waals surface area contributed by atoms with E-state index >= 15 is 0 Å². The number of ether oxygens (including phenoxy) is 1. The largest absolute Gasteiger partial charge is 0.457 e. The van der Waals surface area contributed by atoms with E-state index in [1.54, 1.807) is 55.6 Å². The Hall–Kier alpha value is -2.33. The molecule has 1 N–H and O–H groups in total. The Balaban J connectivity index is 2.09. The molecule has 5 heteroatoms. The van der Waals surface area contributed by atoms with Crippen LogP contribution in [0.15, 0.2) is 54.7 Å². The SMILES string of the molecule is C/C=C/C(=O)Nc1cc(Oc2ccc(Cl)cc2)ccn1. The number of benzene rings is 1. The number of carbonyl (C=O) groups is 1. The van der Waals surface area contributed by atoms with E-state index in [9.17, 15) is 4.79 Å². The number of aromatic nitrogens is 1. The van der Waals surface area contributed by atoms with Crippen molar-refractivity contribution < 1.29 is 9.53 Å². The van der Waals surface area contributed by atoms with Gasteiger partial charge in [-0.2, -0.15) is 0 Å². The minimum Gasteiger partial charge on any atom is -0.457 e. The first-order valence-electron chi connectivity index (χ1n) is 6.00. The molecule has 1 aromatic heterocycles. The summed E-state index contributed by atoms with van der Waals surface area (Å²) in [5.41, 5.74) is 0. The van der Waals surface area contributed by atoms with Crippen LogP contribution in [-0.2, 0) is 4.79 Å². The van der Waals surface area contributed by atoms with E-state index in [0.29, 0.717) is 22.3 Å². The van der Waals surface area contributed by atoms with Gasteiger partial charge in [0.15, 0.2) is 0 Å². The molecule has 1 amide bonds. The minimum absolute atomic E-state index is 0.233. The van der Waals surface area contributed by atoms with Crippen LogP contribution >= 0.6 is 11.6 Å². The summed E-state index contributed by atoms with van der Waals surface area (Å²) < 4.78 is 5.65. The third-order valence-corrected chi connectivity index (χ3v) is 2.60. The lowest BCUT2D eigenvalue weighted by Crippen LogP contribution is -2.08. The summed E-state index contributed by atoms with van der Waals surface area (Å²) in [5, 5.41) is 3.28. The van der Waals surface area contributed by atoms with E-state index in [4.69, 9.17) is 16.3 Å². The maximum absolute atomic E-state index is 11.4. The third kappa shape index (κ3) is 4.10. The summed E-state index contributed by atoms with van der Waals surface area (Å²) in [6.07, 6.45) is 4.65. The van der Waals surface area contributed by atoms with Gasteiger partial charge >= 0.3 is 0 Å². The molecule has 4 nitrogen and oxygen atoms in total. The maximum Gasteiger partial charge on any atom is 0.249 e. The number of allylic oxidation sites excluding steroid dienone is 1. The summed E-state index contributed by atoms with van der Waals surface area (Å²) in [7, 11) is 0. The third-order valence-electron chi connectivity index (χ3n) is 2.35. The fraction of sp³-hybridized carbons (Fsp3) is 0.0667. The second-order valence-corrected chi connectivity index (χ2v) is 4.36. The van der Waals surface area contributed by atoms with Gasteiger partial charge in [-0.15, -0.1) is 0 Å². The van der Waals surface area contributed by atoms with E-state index in [1.807, 2.05) is 0 Å². The standard InChI is InChI=1S/C15H13ClN2O2/c1-2-3-15(19)18-14-10-13(8-9-17-14)20-12-6-4-11(16)5-7-12/h2-10H,1H3,(H,17,18,19)/b3-2+. The highest BCUT2D eigenvalue weighted by molar-refractivity contribution is 6.30. The van der Waals surface area contributed by atoms with Gasteiger partial charge < -0.3 is 10.1 Å². The van der Waals surface area contributed by atoms with Crippen LogP contribution in [0, 0.1) is 0 Å². The van der Waals surface area contributed by atoms with Crippen molar-refractivity contribution in [2.75, 3.05) is 5.32 Å². The Morgan fingerprint density at radius 1 is 1.25 bits per heavy atom. The van der Waals surface area contributed by atoms with Crippen LogP contribution in [0.1, 0.15) is 6.92 Å². The fourth-order valence-electron chi connectivity index (χ4n) is 1.50. The predicted octanol–water partition coefficient (Wildman–Crippen LogP) is 4.04. The van der Waals surface area contributed by atoms with Crippen LogP contribution in [0.3, 0.4) is 0 Å². The number of pyridine rings is 1. The molecule has 1 aromatic carbocycles. The zero-order valence-electron chi connectivity index (χ0n) is 10.8. The van der Waals surface area contributed by atoms with Crippen LogP contribution in [-0.4, -0.2) is 10.9 Å². The summed E-state index contributed by atoms with van der Waals surface area (Å²) in [5.74, 6) is 1.44. The van der Waals surface area contributed by atoms with Gasteiger partial charge in [-0.3, -0.25) is 4.79 Å². The van der Waals surface area contributed by atoms with Crippen LogP contribution in [0.2, 0.25) is 5.02 Å². The molecule has 0 aliphatic heterocycles. The number of rotatable bonds is 4. The molecule has 2 rings (SSSR count). The van der Waals surface area contributed by atoms with Gasteiger partial charge in [0.2, 0.25) is 5.91 Å². The van der Waals surface area contributed by atoms with Crippen molar-refractivity contribution >= 4 is 23.3 Å². The highest BCUT2D eigenvalue weighted by Crippen LogP contribution is 2.24. The van der Waals surface area contributed by atoms with Gasteiger partial charge in [-0.05, 0) is 43.3 Å². The lowest BCUT2D eigenvalue weighted by Gasteiger charge is -2.07. The van der Waals surface area contributed by atoms with E-state index in [1.165, 1.54) is 6.08 Å². The summed E-state index contributed by atoms with van der Waals surface area (Å²) in [6.45, 7) is 1.77. The molecular formula is C15H13ClN2O2. The predicted molar refractivity (Wildman–Crippen MR) is 79.2 cm³/mol. The van der Waals surface area contributed by atoms with E-state index in [2.05, 4.69) is 10.3 Å². The Morgan fingerprint density at radius 3 is 2.70 bits per heavy atom. The van der Waals surface area contributed by atoms with Crippen molar-refractivity contribution in [1.29, 1.82) is 0 Å². The topological polar surface area (TPSA) is 51.2 Å². The number of halogens is 1. The summed E-state index contributed by atoms with van der Waals surface area (Å²) >= 11 is 5.81. The van der Waals surface area contributed by atoms with E-state index < -0.39 is 0 Å². The molecule has 2 aromatic rings. The van der Waals surface area contributed by atoms with Crippen LogP contribution < -0.4 is 10.1 Å². The van der Waals surface area contributed by atoms with Crippen LogP contribution in [0.4, 0.5) is 5.82 Å². The lowest BCUT2D eigenvalue weighted by atomic mass is 10.3. The average Bonchev–Trinajstić information content (AvgIpc) is 2.42. The molecule has 0 radical (unpaired) electrons. The van der Waals surface area contributed by atoms with Crippen molar-refractivity contribution in [2.24, 2.45) is 0 Å². The number of nitrogens with one attached hydrogen (secondary N) is 1. The Kier molecular flexibility index (Phi) is 4.74. The van der Waals surface area contributed by atoms with Crippen LogP contribution in [0.25, 0.3) is 0 Å². The lowest BCUT2D eigenvalue weighted by molar-refractivity contribution is -0.111. The first-order chi connectivity index (χ1) is 9.67. The van der Waals surface area contributed by atoms with Gasteiger partial charge in [0.1, 0.15) is 17.3 Å². The monoisotopic (exact) mass is 288 g/mol. The zero-order chi connectivity index (χ0) is 14.4. The molecule has 20 heavy (non-hydrogen) atoms. The highest BCUT2D eigenvalue weighted by atomic mass is 35.5. The van der Waals surface area contributed by atoms with Crippen molar-refractivity contribution in [1.82, 2.24) is 4.98 Å². The molecule has 0 fully saturated rings. The number of nitrogens with zero attached hydrogens (tertiary/aromatic N) is 1. The molecular weight excluding hydrogens is 276 g/mol. The van der Waals surface area contributed by atoms with Gasteiger partial charge in [-0.1, -0.05) is 17.7 Å². The van der Waals surface area contributed by atoms with Gasteiger partial charge in [-0.25, -0.2) is 4.98 Å². The second-order valence-electron chi connectivity index (χ2n) is 3.92. The molecule has 0 unspecified atom stereocenters. The first-order valence-corrected chi connectivity index (χ1v) is 6.38. The van der Waals surface area contributed by atoms with E-state index in [0.717, 1.165) is 0 Å². The molecule has 0 spiro atoms. The number of carbonyl (C=O) groups excluding carboxylic acids is 1. The van der Waals surface area contributed by atoms with E-state index in [-0.39, 0.29) is 5.91 Å². The maximum atomic E-state index is 11.4. The van der Waals surface area contributed by atoms with Gasteiger partial charge in [0.05, 0.1) is 0 Å². The molecule has 0 saturated heterocycles. The Labute approximate surface area is 122 Å². The molecule has 0 atom stereocenters. The average molecular weight is 289 g/mol. The molecule has 102 valence electrons. The summed E-state index contributed by atoms with van der Waals surface area (Å²) in [6, 6.07) is 10.4. The van der Waals surface area contributed by atoms with Gasteiger partial charge in [0, 0.05) is 17.3 Å². The van der Waals surface area contributed by atoms with Crippen molar-refractivity contribution in [2.45, 2.75) is 6.92 Å². The zero-order valence-corrected chi connectivity index (χ0v) is 11.6. The number of hydrogen-bond acceptors (Lipinski definition) is 3. The highest BCUT2D eigenvalue weighted by Gasteiger charge is 2.02. The van der Waals surface area contributed by atoms with Crippen LogP contribution in [0.5, 0.6) is 11.5 Å². The van der Waals surface area contributed by atoms with Crippen molar-refractivity contribution in [3.8, 4) is 11.5 Å². The molecule has 0 bridgehead atoms. The quantitative estimate of drug-likeness (QED) is 0.864. The normalized spacial score (nSPS) is 10.5. The summed E-state index contributed by atoms with van der Waals surface area (Å²) in [4.78, 5) is 15.5. The molecule has 0 aliphatic rings. The Morgan fingerprint density at radius 2 is 2.00 bits per heavy atom. The smallest absolute Gasteiger partial charge is 0.249 e. The Bertz CT molecular complexity index is 624. The second kappa shape index (κ2) is 6.73. The minimum atomic E-state index is -0.233. The molecule has 0 aliphatic carbocycles.